The van der Waals surface area contributed by atoms with Gasteiger partial charge in [0.25, 0.3) is 0 Å². The minimum atomic E-state index is -3.49. The highest BCUT2D eigenvalue weighted by atomic mass is 32.2. The van der Waals surface area contributed by atoms with Gasteiger partial charge in [0.2, 0.25) is 10.0 Å². The molecule has 0 fully saturated rings. The van der Waals surface area contributed by atoms with E-state index < -0.39 is 15.3 Å². The first-order chi connectivity index (χ1) is 13.3. The van der Waals surface area contributed by atoms with E-state index in [1.54, 1.807) is 24.4 Å². The van der Waals surface area contributed by atoms with E-state index in [9.17, 15) is 8.42 Å². The monoisotopic (exact) mass is 401 g/mol. The van der Waals surface area contributed by atoms with Gasteiger partial charge >= 0.3 is 0 Å². The van der Waals surface area contributed by atoms with Crippen LogP contribution in [0.4, 0.5) is 0 Å². The van der Waals surface area contributed by atoms with E-state index in [0.717, 1.165) is 22.4 Å². The van der Waals surface area contributed by atoms with Gasteiger partial charge in [-0.15, -0.1) is 6.58 Å². The first kappa shape index (κ1) is 22.2. The molecule has 0 aromatic heterocycles. The number of allylic oxidation sites excluding steroid dienone is 1. The Bertz CT molecular complexity index is 858. The zero-order valence-electron chi connectivity index (χ0n) is 17.3. The lowest BCUT2D eigenvalue weighted by Gasteiger charge is -2.29. The highest BCUT2D eigenvalue weighted by Gasteiger charge is 2.32. The Kier molecular flexibility index (Phi) is 7.84. The number of methoxy groups -OCH3 is 1. The Morgan fingerprint density at radius 1 is 1.00 bits per heavy atom. The Balaban J connectivity index is 2.32. The zero-order chi connectivity index (χ0) is 20.7. The van der Waals surface area contributed by atoms with Gasteiger partial charge < -0.3 is 4.74 Å². The molecule has 2 rings (SSSR count). The van der Waals surface area contributed by atoms with Crippen molar-refractivity contribution in [3.05, 3.63) is 77.9 Å². The molecule has 0 heterocycles. The molecule has 0 aliphatic rings. The highest BCUT2D eigenvalue weighted by Crippen LogP contribution is 2.24. The summed E-state index contributed by atoms with van der Waals surface area (Å²) in [4.78, 5) is 0. The highest BCUT2D eigenvalue weighted by molar-refractivity contribution is 7.89. The third kappa shape index (κ3) is 5.69. The summed E-state index contributed by atoms with van der Waals surface area (Å²) in [6.45, 7) is 10.2. The molecule has 2 aromatic rings. The van der Waals surface area contributed by atoms with Crippen molar-refractivity contribution in [2.75, 3.05) is 7.11 Å². The number of benzene rings is 2. The van der Waals surface area contributed by atoms with Gasteiger partial charge in [-0.25, -0.2) is 8.42 Å². The van der Waals surface area contributed by atoms with Crippen LogP contribution >= 0.6 is 0 Å². The molecule has 0 aliphatic heterocycles. The lowest BCUT2D eigenvalue weighted by molar-refractivity contribution is 0.382. The summed E-state index contributed by atoms with van der Waals surface area (Å²) in [6.07, 6.45) is 2.45. The summed E-state index contributed by atoms with van der Waals surface area (Å²) in [5.41, 5.74) is 3.06. The maximum atomic E-state index is 13.4. The molecule has 0 radical (unpaired) electrons. The van der Waals surface area contributed by atoms with Crippen LogP contribution in [0.15, 0.2) is 61.2 Å². The van der Waals surface area contributed by atoms with Crippen molar-refractivity contribution in [3.8, 4) is 5.75 Å². The molecule has 5 heteroatoms. The minimum absolute atomic E-state index is 0.00103. The number of nitrogens with zero attached hydrogens (tertiary/aromatic N) is 1. The van der Waals surface area contributed by atoms with Gasteiger partial charge in [-0.3, -0.25) is 0 Å². The smallest absolute Gasteiger partial charge is 0.217 e. The normalized spacial score (nSPS) is 13.9. The molecule has 0 saturated carbocycles. The third-order valence-electron chi connectivity index (χ3n) is 5.17. The molecule has 0 N–H and O–H groups in total. The van der Waals surface area contributed by atoms with Crippen molar-refractivity contribution in [1.29, 1.82) is 0 Å². The van der Waals surface area contributed by atoms with Crippen LogP contribution < -0.4 is 4.74 Å². The van der Waals surface area contributed by atoms with Crippen molar-refractivity contribution < 1.29 is 13.2 Å². The Morgan fingerprint density at radius 3 is 1.96 bits per heavy atom. The average Bonchev–Trinajstić information content (AvgIpc) is 2.69. The third-order valence-corrected chi connectivity index (χ3v) is 7.55. The largest absolute Gasteiger partial charge is 0.497 e. The van der Waals surface area contributed by atoms with Crippen molar-refractivity contribution in [3.63, 3.8) is 0 Å². The van der Waals surface area contributed by atoms with Gasteiger partial charge in [0.05, 0.1) is 12.4 Å². The second kappa shape index (κ2) is 9.89. The van der Waals surface area contributed by atoms with Crippen LogP contribution in [0.25, 0.3) is 0 Å². The van der Waals surface area contributed by atoms with Crippen LogP contribution in [0, 0.1) is 12.8 Å². The molecule has 0 amide bonds. The standard InChI is InChI=1S/C23H31NO3S/c1-6-7-19(3)20(4)28(25,26)24(16-21-10-8-18(2)9-11-21)17-22-12-14-23(27-5)15-13-22/h6,8-15,19-20H,1,7,16-17H2,2-5H3/t19-,20+/m1/s1. The fraction of sp³-hybridized carbons (Fsp3) is 0.391. The zero-order valence-corrected chi connectivity index (χ0v) is 18.1. The fourth-order valence-electron chi connectivity index (χ4n) is 3.05. The Hall–Kier alpha value is -2.11. The molecule has 0 bridgehead atoms. The summed E-state index contributed by atoms with van der Waals surface area (Å²) in [5.74, 6) is 0.753. The van der Waals surface area contributed by atoms with Gasteiger partial charge in [0, 0.05) is 13.1 Å². The predicted octanol–water partition coefficient (Wildman–Crippen LogP) is 4.94. The molecule has 28 heavy (non-hydrogen) atoms. The summed E-state index contributed by atoms with van der Waals surface area (Å²) in [5, 5.41) is -0.491. The maximum Gasteiger partial charge on any atom is 0.217 e. The maximum absolute atomic E-state index is 13.4. The summed E-state index contributed by atoms with van der Waals surface area (Å²) in [6, 6.07) is 15.5. The number of rotatable bonds is 10. The lowest BCUT2D eigenvalue weighted by atomic mass is 10.1. The number of hydrogen-bond acceptors (Lipinski definition) is 3. The quantitative estimate of drug-likeness (QED) is 0.530. The number of sulfonamides is 1. The fourth-order valence-corrected chi connectivity index (χ4v) is 4.88. The van der Waals surface area contributed by atoms with Crippen LogP contribution in [-0.4, -0.2) is 25.1 Å². The van der Waals surface area contributed by atoms with E-state index in [-0.39, 0.29) is 5.92 Å². The van der Waals surface area contributed by atoms with E-state index in [4.69, 9.17) is 4.74 Å². The molecule has 0 unspecified atom stereocenters. The minimum Gasteiger partial charge on any atom is -0.497 e. The number of ether oxygens (including phenoxy) is 1. The SMILES string of the molecule is C=CC[C@@H](C)[C@H](C)S(=O)(=O)N(Cc1ccc(C)cc1)Cc1ccc(OC)cc1. The summed E-state index contributed by atoms with van der Waals surface area (Å²) in [7, 11) is -1.87. The van der Waals surface area contributed by atoms with E-state index in [0.29, 0.717) is 19.5 Å². The molecular formula is C23H31NO3S. The molecule has 0 aliphatic carbocycles. The van der Waals surface area contributed by atoms with Crippen molar-refractivity contribution in [1.82, 2.24) is 4.31 Å². The molecule has 152 valence electrons. The van der Waals surface area contributed by atoms with Crippen molar-refractivity contribution in [2.45, 2.75) is 45.5 Å². The second-order valence-corrected chi connectivity index (χ2v) is 9.64. The first-order valence-electron chi connectivity index (χ1n) is 9.56. The number of hydrogen-bond donors (Lipinski definition) is 0. The number of aryl methyl sites for hydroxylation is 1. The summed E-state index contributed by atoms with van der Waals surface area (Å²) < 4.78 is 33.6. The van der Waals surface area contributed by atoms with Crippen LogP contribution in [-0.2, 0) is 23.1 Å². The summed E-state index contributed by atoms with van der Waals surface area (Å²) >= 11 is 0. The lowest BCUT2D eigenvalue weighted by Crippen LogP contribution is -2.39. The van der Waals surface area contributed by atoms with Gasteiger partial charge in [-0.1, -0.05) is 55.0 Å². The van der Waals surface area contributed by atoms with E-state index in [1.165, 1.54) is 0 Å². The topological polar surface area (TPSA) is 46.6 Å². The van der Waals surface area contributed by atoms with Gasteiger partial charge in [0.15, 0.2) is 0 Å². The van der Waals surface area contributed by atoms with Crippen LogP contribution in [0.1, 0.15) is 37.0 Å². The Morgan fingerprint density at radius 2 is 1.50 bits per heavy atom. The van der Waals surface area contributed by atoms with Crippen LogP contribution in [0.3, 0.4) is 0 Å². The molecular weight excluding hydrogens is 370 g/mol. The van der Waals surface area contributed by atoms with E-state index in [1.807, 2.05) is 62.4 Å². The van der Waals surface area contributed by atoms with Crippen LogP contribution in [0.2, 0.25) is 0 Å². The molecule has 4 nitrogen and oxygen atoms in total. The Labute approximate surface area is 169 Å². The second-order valence-electron chi connectivity index (χ2n) is 7.35. The van der Waals surface area contributed by atoms with Gasteiger partial charge in [-0.2, -0.15) is 4.31 Å². The molecule has 2 atom stereocenters. The van der Waals surface area contributed by atoms with Crippen molar-refractivity contribution >= 4 is 10.0 Å². The average molecular weight is 402 g/mol. The van der Waals surface area contributed by atoms with Gasteiger partial charge in [0.1, 0.15) is 5.75 Å². The van der Waals surface area contributed by atoms with E-state index >= 15 is 0 Å². The van der Waals surface area contributed by atoms with Crippen molar-refractivity contribution in [2.24, 2.45) is 5.92 Å². The molecule has 0 saturated heterocycles. The van der Waals surface area contributed by atoms with E-state index in [2.05, 4.69) is 6.58 Å². The van der Waals surface area contributed by atoms with Crippen LogP contribution in [0.5, 0.6) is 5.75 Å². The predicted molar refractivity (Wildman–Crippen MR) is 116 cm³/mol. The first-order valence-corrected chi connectivity index (χ1v) is 11.1. The molecule has 2 aromatic carbocycles. The molecule has 0 spiro atoms. The van der Waals surface area contributed by atoms with Gasteiger partial charge in [-0.05, 0) is 49.4 Å².